The fourth-order valence-electron chi connectivity index (χ4n) is 6.24. The van der Waals surface area contributed by atoms with Gasteiger partial charge in [0.2, 0.25) is 5.89 Å². The van der Waals surface area contributed by atoms with Crippen molar-refractivity contribution in [3.05, 3.63) is 54.2 Å². The Morgan fingerprint density at radius 2 is 1.93 bits per heavy atom. The summed E-state index contributed by atoms with van der Waals surface area (Å²) >= 11 is 0. The Balaban J connectivity index is 1.11. The number of aryl methyl sites for hydroxylation is 1. The van der Waals surface area contributed by atoms with Crippen molar-refractivity contribution >= 4 is 33.8 Å². The van der Waals surface area contributed by atoms with Crippen molar-refractivity contribution in [3.8, 4) is 11.5 Å². The van der Waals surface area contributed by atoms with Crippen LogP contribution in [0.4, 0.5) is 4.39 Å². The second-order valence-electron chi connectivity index (χ2n) is 11.0. The molecule has 40 heavy (non-hydrogen) atoms. The number of methoxy groups -OCH3 is 1. The minimum Gasteiger partial charge on any atom is -0.469 e. The van der Waals surface area contributed by atoms with Gasteiger partial charge in [-0.1, -0.05) is 24.3 Å². The minimum absolute atomic E-state index is 0.0358. The molecule has 0 N–H and O–H groups in total. The summed E-state index contributed by atoms with van der Waals surface area (Å²) in [5, 5.41) is 1.06. The van der Waals surface area contributed by atoms with E-state index in [1.165, 1.54) is 7.11 Å². The lowest BCUT2D eigenvalue weighted by atomic mass is 9.87. The number of Topliss-reactive ketones (excluding diaryl/α,β-unsaturated/α-hetero) is 1. The van der Waals surface area contributed by atoms with Crippen LogP contribution in [0.2, 0.25) is 0 Å². The standard InChI is InChI=1S/C31H34FN3O5/c1-34-18-23(22-6-3-4-7-25(22)34)29-33-24-14-9-19(17-28(24)40-29)16-27(36)26-8-5-15-35(26)31(32)39-21-12-10-20(11-13-21)30(37)38-2/h3-4,6-7,9,14,17-18,20-21,26,31H,5,8,10-13,15-16H2,1-2H3/t20?,21?,26-,31-/m0/s1. The van der Waals surface area contributed by atoms with E-state index in [0.717, 1.165) is 34.0 Å². The topological polar surface area (TPSA) is 86.8 Å². The normalized spacial score (nSPS) is 22.6. The van der Waals surface area contributed by atoms with E-state index in [9.17, 15) is 9.59 Å². The van der Waals surface area contributed by atoms with E-state index in [2.05, 4.69) is 11.1 Å². The number of oxazole rings is 1. The third-order valence-electron chi connectivity index (χ3n) is 8.40. The maximum Gasteiger partial charge on any atom is 0.308 e. The van der Waals surface area contributed by atoms with Crippen LogP contribution in [0.15, 0.2) is 53.1 Å². The van der Waals surface area contributed by atoms with Gasteiger partial charge in [-0.2, -0.15) is 4.39 Å². The zero-order valence-corrected chi connectivity index (χ0v) is 22.8. The molecule has 0 unspecified atom stereocenters. The van der Waals surface area contributed by atoms with Gasteiger partial charge in [-0.25, -0.2) is 9.88 Å². The molecule has 2 fully saturated rings. The maximum atomic E-state index is 15.3. The highest BCUT2D eigenvalue weighted by Gasteiger charge is 2.38. The summed E-state index contributed by atoms with van der Waals surface area (Å²) in [6.45, 7) is -1.17. The number of rotatable bonds is 8. The van der Waals surface area contributed by atoms with E-state index < -0.39 is 12.5 Å². The number of alkyl halides is 1. The molecule has 1 aliphatic carbocycles. The van der Waals surface area contributed by atoms with Crippen LogP contribution in [0.1, 0.15) is 44.1 Å². The Labute approximate surface area is 232 Å². The van der Waals surface area contributed by atoms with E-state index in [1.54, 1.807) is 4.90 Å². The van der Waals surface area contributed by atoms with Crippen LogP contribution in [0.5, 0.6) is 0 Å². The molecule has 8 nitrogen and oxygen atoms in total. The number of fused-ring (bicyclic) bond motifs is 2. The van der Waals surface area contributed by atoms with Crippen molar-refractivity contribution in [2.45, 2.75) is 63.6 Å². The second-order valence-corrected chi connectivity index (χ2v) is 11.0. The van der Waals surface area contributed by atoms with E-state index in [-0.39, 0.29) is 30.2 Å². The number of hydrogen-bond donors (Lipinski definition) is 0. The quantitative estimate of drug-likeness (QED) is 0.211. The average molecular weight is 548 g/mol. The van der Waals surface area contributed by atoms with Gasteiger partial charge in [0.05, 0.1) is 30.7 Å². The Kier molecular flexibility index (Phi) is 7.42. The lowest BCUT2D eigenvalue weighted by molar-refractivity contribution is -0.187. The summed E-state index contributed by atoms with van der Waals surface area (Å²) in [6.07, 6.45) is 5.72. The Hall–Kier alpha value is -3.56. The van der Waals surface area contributed by atoms with Gasteiger partial charge in [0.15, 0.2) is 11.4 Å². The highest BCUT2D eigenvalue weighted by molar-refractivity contribution is 5.95. The highest BCUT2D eigenvalue weighted by Crippen LogP contribution is 2.33. The largest absolute Gasteiger partial charge is 0.469 e. The van der Waals surface area contributed by atoms with Crippen molar-refractivity contribution in [3.63, 3.8) is 0 Å². The number of carbonyl (C=O) groups is 2. The van der Waals surface area contributed by atoms with Crippen molar-refractivity contribution in [2.24, 2.45) is 13.0 Å². The van der Waals surface area contributed by atoms with E-state index in [4.69, 9.17) is 13.9 Å². The van der Waals surface area contributed by atoms with Gasteiger partial charge in [0.25, 0.3) is 6.48 Å². The van der Waals surface area contributed by atoms with Crippen LogP contribution >= 0.6 is 0 Å². The number of halogens is 1. The monoisotopic (exact) mass is 547 g/mol. The first-order valence-corrected chi connectivity index (χ1v) is 14.0. The van der Waals surface area contributed by atoms with Crippen LogP contribution in [0.25, 0.3) is 33.5 Å². The number of para-hydroxylation sites is 1. The molecule has 0 radical (unpaired) electrons. The van der Waals surface area contributed by atoms with Gasteiger partial charge < -0.3 is 18.5 Å². The summed E-state index contributed by atoms with van der Waals surface area (Å²) in [5.74, 6) is 0.143. The predicted octanol–water partition coefficient (Wildman–Crippen LogP) is 5.56. The molecular formula is C31H34FN3O5. The zero-order chi connectivity index (χ0) is 27.8. The lowest BCUT2D eigenvalue weighted by Gasteiger charge is -2.32. The number of ketones is 1. The van der Waals surface area contributed by atoms with Gasteiger partial charge in [-0.15, -0.1) is 0 Å². The van der Waals surface area contributed by atoms with Crippen molar-refractivity contribution in [2.75, 3.05) is 13.7 Å². The first-order valence-electron chi connectivity index (χ1n) is 14.0. The number of ether oxygens (including phenoxy) is 2. The molecule has 1 aliphatic heterocycles. The number of aromatic nitrogens is 2. The molecule has 1 saturated heterocycles. The molecule has 1 saturated carbocycles. The third kappa shape index (κ3) is 5.15. The molecule has 6 rings (SSSR count). The average Bonchev–Trinajstić information content (AvgIpc) is 3.70. The SMILES string of the molecule is COC(=O)C1CCC(O[C@@H](F)N2CCC[C@H]2C(=O)Cc2ccc3nc(-c4cn(C)c5ccccc45)oc3c2)CC1. The van der Waals surface area contributed by atoms with Gasteiger partial charge in [-0.05, 0) is 62.3 Å². The minimum atomic E-state index is -1.64. The molecule has 2 aliphatic rings. The van der Waals surface area contributed by atoms with Crippen LogP contribution < -0.4 is 0 Å². The number of hydrogen-bond acceptors (Lipinski definition) is 7. The summed E-state index contributed by atoms with van der Waals surface area (Å²) in [5.41, 5.74) is 4.16. The fourth-order valence-corrected chi connectivity index (χ4v) is 6.24. The summed E-state index contributed by atoms with van der Waals surface area (Å²) in [4.78, 5) is 31.3. The number of likely N-dealkylation sites (tertiary alicyclic amines) is 1. The number of nitrogens with zero attached hydrogens (tertiary/aromatic N) is 3. The molecule has 2 aromatic heterocycles. The van der Waals surface area contributed by atoms with Crippen molar-refractivity contribution < 1.29 is 27.9 Å². The molecule has 9 heteroatoms. The Morgan fingerprint density at radius 1 is 1.12 bits per heavy atom. The van der Waals surface area contributed by atoms with Crippen LogP contribution in [0.3, 0.4) is 0 Å². The highest BCUT2D eigenvalue weighted by atomic mass is 19.1. The summed E-state index contributed by atoms with van der Waals surface area (Å²) in [7, 11) is 3.38. The summed E-state index contributed by atoms with van der Waals surface area (Å²) in [6, 6.07) is 13.2. The van der Waals surface area contributed by atoms with Gasteiger partial charge >= 0.3 is 5.97 Å². The molecule has 0 spiro atoms. The lowest BCUT2D eigenvalue weighted by Crippen LogP contribution is -2.44. The van der Waals surface area contributed by atoms with Crippen molar-refractivity contribution in [1.29, 1.82) is 0 Å². The number of esters is 1. The summed E-state index contributed by atoms with van der Waals surface area (Å²) < 4.78 is 34.0. The third-order valence-corrected chi connectivity index (χ3v) is 8.40. The Morgan fingerprint density at radius 3 is 2.73 bits per heavy atom. The van der Waals surface area contributed by atoms with Gasteiger partial charge in [0.1, 0.15) is 5.52 Å². The van der Waals surface area contributed by atoms with Crippen LogP contribution in [0, 0.1) is 5.92 Å². The smallest absolute Gasteiger partial charge is 0.308 e. The molecule has 0 bridgehead atoms. The first-order chi connectivity index (χ1) is 19.4. The van der Waals surface area contributed by atoms with Crippen molar-refractivity contribution in [1.82, 2.24) is 14.5 Å². The van der Waals surface area contributed by atoms with E-state index in [1.807, 2.05) is 54.2 Å². The van der Waals surface area contributed by atoms with Crippen LogP contribution in [-0.4, -0.2) is 58.5 Å². The predicted molar refractivity (Wildman–Crippen MR) is 148 cm³/mol. The number of carbonyl (C=O) groups excluding carboxylic acids is 2. The fraction of sp³-hybridized carbons (Fsp3) is 0.452. The zero-order valence-electron chi connectivity index (χ0n) is 22.8. The molecule has 4 aromatic rings. The molecule has 3 heterocycles. The Bertz CT molecular complexity index is 1540. The maximum absolute atomic E-state index is 15.3. The first kappa shape index (κ1) is 26.7. The van der Waals surface area contributed by atoms with Gasteiger partial charge in [-0.3, -0.25) is 9.59 Å². The molecule has 2 aromatic carbocycles. The van der Waals surface area contributed by atoms with Crippen LogP contribution in [-0.2, 0) is 32.5 Å². The van der Waals surface area contributed by atoms with Gasteiger partial charge in [0, 0.05) is 37.1 Å². The molecule has 2 atom stereocenters. The second kappa shape index (κ2) is 11.1. The molecule has 210 valence electrons. The number of benzene rings is 2. The molecular weight excluding hydrogens is 513 g/mol. The van der Waals surface area contributed by atoms with E-state index in [0.29, 0.717) is 50.1 Å². The molecule has 0 amide bonds. The van der Waals surface area contributed by atoms with E-state index >= 15 is 4.39 Å².